The summed E-state index contributed by atoms with van der Waals surface area (Å²) in [5.41, 5.74) is 0.845. The molecule has 0 atom stereocenters. The number of halogens is 2. The van der Waals surface area contributed by atoms with Crippen LogP contribution in [0, 0.1) is 5.82 Å². The van der Waals surface area contributed by atoms with E-state index in [1.165, 1.54) is 12.1 Å². The highest BCUT2D eigenvalue weighted by Crippen LogP contribution is 2.04. The van der Waals surface area contributed by atoms with Gasteiger partial charge in [-0.05, 0) is 24.6 Å². The molecule has 2 N–H and O–H groups in total. The normalized spacial score (nSPS) is 15.3. The number of rotatable bonds is 6. The molecule has 0 radical (unpaired) electrons. The fourth-order valence-corrected chi connectivity index (χ4v) is 2.77. The lowest BCUT2D eigenvalue weighted by Gasteiger charge is -2.34. The lowest BCUT2D eigenvalue weighted by Crippen LogP contribution is -2.50. The summed E-state index contributed by atoms with van der Waals surface area (Å²) >= 11 is 0. The number of hydrogen-bond donors (Lipinski definition) is 2. The van der Waals surface area contributed by atoms with Crippen LogP contribution in [-0.4, -0.2) is 67.5 Å². The molecule has 1 amide bonds. The van der Waals surface area contributed by atoms with Crippen molar-refractivity contribution < 1.29 is 9.18 Å². The van der Waals surface area contributed by atoms with Crippen molar-refractivity contribution in [1.82, 2.24) is 20.4 Å². The molecule has 0 spiro atoms. The number of piperazine rings is 1. The molecule has 1 aromatic rings. The van der Waals surface area contributed by atoms with E-state index in [9.17, 15) is 9.18 Å². The number of carbonyl (C=O) groups excluding carboxylic acids is 1. The number of nitrogens with one attached hydrogen (secondary N) is 2. The first-order chi connectivity index (χ1) is 12.1. The Kier molecular flexibility index (Phi) is 10.5. The summed E-state index contributed by atoms with van der Waals surface area (Å²) in [4.78, 5) is 20.1. The molecule has 8 heteroatoms. The first-order valence-corrected chi connectivity index (χ1v) is 8.83. The molecule has 0 unspecified atom stereocenters. The van der Waals surface area contributed by atoms with Crippen molar-refractivity contribution >= 4 is 35.8 Å². The van der Waals surface area contributed by atoms with E-state index in [0.717, 1.165) is 57.3 Å². The smallest absolute Gasteiger partial charge is 0.219 e. The first kappa shape index (κ1) is 22.6. The van der Waals surface area contributed by atoms with E-state index >= 15 is 0 Å². The van der Waals surface area contributed by atoms with Crippen molar-refractivity contribution in [3.8, 4) is 0 Å². The van der Waals surface area contributed by atoms with Crippen LogP contribution < -0.4 is 10.6 Å². The van der Waals surface area contributed by atoms with Crippen LogP contribution in [0.3, 0.4) is 0 Å². The van der Waals surface area contributed by atoms with E-state index in [1.807, 2.05) is 17.9 Å². The van der Waals surface area contributed by atoms with Crippen LogP contribution in [0.1, 0.15) is 19.4 Å². The van der Waals surface area contributed by atoms with Gasteiger partial charge in [0.1, 0.15) is 5.82 Å². The van der Waals surface area contributed by atoms with Crippen LogP contribution in [0.4, 0.5) is 4.39 Å². The number of amides is 1. The summed E-state index contributed by atoms with van der Waals surface area (Å²) in [5.74, 6) is 0.640. The Labute approximate surface area is 172 Å². The maximum atomic E-state index is 13.2. The zero-order valence-electron chi connectivity index (χ0n) is 15.5. The lowest BCUT2D eigenvalue weighted by atomic mass is 10.2. The summed E-state index contributed by atoms with van der Waals surface area (Å²) in [6, 6.07) is 6.50. The Morgan fingerprint density at radius 1 is 1.23 bits per heavy atom. The van der Waals surface area contributed by atoms with Crippen molar-refractivity contribution in [3.63, 3.8) is 0 Å². The van der Waals surface area contributed by atoms with Gasteiger partial charge in [-0.3, -0.25) is 9.69 Å². The van der Waals surface area contributed by atoms with E-state index in [4.69, 9.17) is 0 Å². The third-order valence-electron chi connectivity index (χ3n) is 4.19. The third kappa shape index (κ3) is 7.86. The summed E-state index contributed by atoms with van der Waals surface area (Å²) in [7, 11) is 0. The molecule has 1 aliphatic heterocycles. The van der Waals surface area contributed by atoms with Crippen molar-refractivity contribution in [2.45, 2.75) is 20.4 Å². The largest absolute Gasteiger partial charge is 0.357 e. The highest BCUT2D eigenvalue weighted by Gasteiger charge is 2.17. The molecule has 0 aromatic heterocycles. The van der Waals surface area contributed by atoms with E-state index in [1.54, 1.807) is 13.0 Å². The van der Waals surface area contributed by atoms with Gasteiger partial charge in [0.2, 0.25) is 5.91 Å². The van der Waals surface area contributed by atoms with Crippen LogP contribution >= 0.6 is 24.0 Å². The summed E-state index contributed by atoms with van der Waals surface area (Å²) in [6.07, 6.45) is 0. The number of aliphatic imine (C=N–C) groups is 1. The molecule has 1 heterocycles. The van der Waals surface area contributed by atoms with E-state index in [0.29, 0.717) is 6.54 Å². The second-order valence-corrected chi connectivity index (χ2v) is 6.10. The summed E-state index contributed by atoms with van der Waals surface area (Å²) < 4.78 is 13.2. The maximum absolute atomic E-state index is 13.2. The van der Waals surface area contributed by atoms with Crippen molar-refractivity contribution in [1.29, 1.82) is 0 Å². The highest BCUT2D eigenvalue weighted by atomic mass is 127. The maximum Gasteiger partial charge on any atom is 0.219 e. The Morgan fingerprint density at radius 3 is 2.58 bits per heavy atom. The number of benzene rings is 1. The minimum atomic E-state index is -0.240. The third-order valence-corrected chi connectivity index (χ3v) is 4.19. The van der Waals surface area contributed by atoms with Gasteiger partial charge >= 0.3 is 0 Å². The van der Waals surface area contributed by atoms with Crippen LogP contribution in [-0.2, 0) is 11.3 Å². The predicted octanol–water partition coefficient (Wildman–Crippen LogP) is 1.66. The standard InChI is InChI=1S/C18H28FN5O.HI/c1-3-20-18(22-14-16-5-4-6-17(19)13-16)21-7-8-23-9-11-24(12-10-23)15(2)25;/h4-6,13H,3,7-12,14H2,1-2H3,(H2,20,21,22);1H. The zero-order chi connectivity index (χ0) is 18.1. The van der Waals surface area contributed by atoms with E-state index < -0.39 is 0 Å². The minimum Gasteiger partial charge on any atom is -0.357 e. The van der Waals surface area contributed by atoms with Crippen LogP contribution in [0.2, 0.25) is 0 Å². The van der Waals surface area contributed by atoms with Gasteiger partial charge in [-0.15, -0.1) is 24.0 Å². The molecule has 0 bridgehead atoms. The van der Waals surface area contributed by atoms with Gasteiger partial charge in [0.05, 0.1) is 6.54 Å². The average molecular weight is 477 g/mol. The van der Waals surface area contributed by atoms with Gasteiger partial charge in [0.15, 0.2) is 5.96 Å². The molecule has 6 nitrogen and oxygen atoms in total. The van der Waals surface area contributed by atoms with Crippen LogP contribution in [0.15, 0.2) is 29.3 Å². The van der Waals surface area contributed by atoms with E-state index in [-0.39, 0.29) is 35.7 Å². The Morgan fingerprint density at radius 2 is 1.96 bits per heavy atom. The fourth-order valence-electron chi connectivity index (χ4n) is 2.77. The fraction of sp³-hybridized carbons (Fsp3) is 0.556. The Hall–Kier alpha value is -1.42. The Bertz CT molecular complexity index is 591. The van der Waals surface area contributed by atoms with Crippen LogP contribution in [0.5, 0.6) is 0 Å². The molecule has 1 saturated heterocycles. The van der Waals surface area contributed by atoms with Gasteiger partial charge in [-0.25, -0.2) is 9.38 Å². The number of hydrogen-bond acceptors (Lipinski definition) is 3. The predicted molar refractivity (Wildman–Crippen MR) is 113 cm³/mol. The molecule has 26 heavy (non-hydrogen) atoms. The van der Waals surface area contributed by atoms with Crippen molar-refractivity contribution in [2.24, 2.45) is 4.99 Å². The topological polar surface area (TPSA) is 60.0 Å². The Balaban J connectivity index is 0.00000338. The second kappa shape index (κ2) is 12.1. The lowest BCUT2D eigenvalue weighted by molar-refractivity contribution is -0.130. The summed E-state index contributed by atoms with van der Waals surface area (Å²) in [5, 5.41) is 6.51. The minimum absolute atomic E-state index is 0. The van der Waals surface area contributed by atoms with E-state index in [2.05, 4.69) is 20.5 Å². The number of nitrogens with zero attached hydrogens (tertiary/aromatic N) is 3. The monoisotopic (exact) mass is 477 g/mol. The molecule has 1 aliphatic rings. The van der Waals surface area contributed by atoms with Gasteiger partial charge in [0, 0.05) is 52.7 Å². The van der Waals surface area contributed by atoms with Gasteiger partial charge in [0.25, 0.3) is 0 Å². The van der Waals surface area contributed by atoms with Gasteiger partial charge < -0.3 is 15.5 Å². The van der Waals surface area contributed by atoms with Crippen LogP contribution in [0.25, 0.3) is 0 Å². The molecule has 146 valence electrons. The van der Waals surface area contributed by atoms with Gasteiger partial charge in [-0.2, -0.15) is 0 Å². The summed E-state index contributed by atoms with van der Waals surface area (Å²) in [6.45, 7) is 9.90. The molecular weight excluding hydrogens is 448 g/mol. The molecule has 2 rings (SSSR count). The molecule has 1 fully saturated rings. The number of carbonyl (C=O) groups is 1. The average Bonchev–Trinajstić information content (AvgIpc) is 2.60. The number of guanidine groups is 1. The molecule has 0 aliphatic carbocycles. The van der Waals surface area contributed by atoms with Gasteiger partial charge in [-0.1, -0.05) is 12.1 Å². The van der Waals surface area contributed by atoms with Crippen molar-refractivity contribution in [3.05, 3.63) is 35.6 Å². The molecule has 1 aromatic carbocycles. The zero-order valence-corrected chi connectivity index (χ0v) is 17.8. The second-order valence-electron chi connectivity index (χ2n) is 6.10. The van der Waals surface area contributed by atoms with Crippen molar-refractivity contribution in [2.75, 3.05) is 45.8 Å². The quantitative estimate of drug-likeness (QED) is 0.372. The highest BCUT2D eigenvalue weighted by molar-refractivity contribution is 14.0. The molecular formula is C18H29FIN5O. The first-order valence-electron chi connectivity index (χ1n) is 8.83. The SMILES string of the molecule is CCNC(=NCc1cccc(F)c1)NCCN1CCN(C(C)=O)CC1.I. The molecule has 0 saturated carbocycles.